The third kappa shape index (κ3) is 4.01. The standard InChI is InChI=1S/C17H20N4O3/c1-18-17(22)13-7-8-15(16(10-13)21(23)24)19-11-12-5-4-6-14(9-12)20(2)3/h4-10,19H,11H2,1-3H3,(H,18,22). The van der Waals surface area contributed by atoms with Crippen molar-refractivity contribution in [1.82, 2.24) is 5.32 Å². The number of amides is 1. The molecule has 0 radical (unpaired) electrons. The van der Waals surface area contributed by atoms with E-state index in [0.717, 1.165) is 11.3 Å². The molecule has 2 aromatic rings. The SMILES string of the molecule is CNC(=O)c1ccc(NCc2cccc(N(C)C)c2)c([N+](=O)[O-])c1. The summed E-state index contributed by atoms with van der Waals surface area (Å²) >= 11 is 0. The Morgan fingerprint density at radius 3 is 2.58 bits per heavy atom. The number of nitrogens with one attached hydrogen (secondary N) is 2. The van der Waals surface area contributed by atoms with Crippen LogP contribution >= 0.6 is 0 Å². The summed E-state index contributed by atoms with van der Waals surface area (Å²) in [6, 6.07) is 12.3. The molecule has 2 rings (SSSR count). The fourth-order valence-electron chi connectivity index (χ4n) is 2.26. The normalized spacial score (nSPS) is 10.1. The number of nitrogens with zero attached hydrogens (tertiary/aromatic N) is 2. The number of nitro groups is 1. The van der Waals surface area contributed by atoms with Crippen molar-refractivity contribution in [2.75, 3.05) is 31.4 Å². The molecular weight excluding hydrogens is 308 g/mol. The van der Waals surface area contributed by atoms with E-state index in [1.54, 1.807) is 12.1 Å². The average molecular weight is 328 g/mol. The van der Waals surface area contributed by atoms with Gasteiger partial charge >= 0.3 is 0 Å². The van der Waals surface area contributed by atoms with Gasteiger partial charge in [-0.2, -0.15) is 0 Å². The smallest absolute Gasteiger partial charge is 0.293 e. The summed E-state index contributed by atoms with van der Waals surface area (Å²) in [5, 5.41) is 16.8. The molecule has 0 heterocycles. The Morgan fingerprint density at radius 2 is 1.96 bits per heavy atom. The molecule has 7 nitrogen and oxygen atoms in total. The maximum Gasteiger partial charge on any atom is 0.293 e. The van der Waals surface area contributed by atoms with Gasteiger partial charge in [0.05, 0.1) is 4.92 Å². The fourth-order valence-corrected chi connectivity index (χ4v) is 2.26. The highest BCUT2D eigenvalue weighted by Gasteiger charge is 2.17. The Balaban J connectivity index is 2.21. The molecule has 2 N–H and O–H groups in total. The summed E-state index contributed by atoms with van der Waals surface area (Å²) in [6.07, 6.45) is 0. The summed E-state index contributed by atoms with van der Waals surface area (Å²) < 4.78 is 0. The van der Waals surface area contributed by atoms with Crippen LogP contribution in [0.3, 0.4) is 0 Å². The Morgan fingerprint density at radius 1 is 1.21 bits per heavy atom. The van der Waals surface area contributed by atoms with Crippen LogP contribution in [-0.4, -0.2) is 32.0 Å². The van der Waals surface area contributed by atoms with Crippen molar-refractivity contribution < 1.29 is 9.72 Å². The van der Waals surface area contributed by atoms with E-state index in [2.05, 4.69) is 10.6 Å². The van der Waals surface area contributed by atoms with Crippen molar-refractivity contribution in [2.45, 2.75) is 6.54 Å². The first-order valence-electron chi connectivity index (χ1n) is 7.43. The summed E-state index contributed by atoms with van der Waals surface area (Å²) in [5.41, 5.74) is 2.57. The predicted octanol–water partition coefficient (Wildman–Crippen LogP) is 2.63. The average Bonchev–Trinajstić information content (AvgIpc) is 2.59. The summed E-state index contributed by atoms with van der Waals surface area (Å²) in [7, 11) is 5.39. The van der Waals surface area contributed by atoms with E-state index < -0.39 is 4.92 Å². The Hall–Kier alpha value is -3.09. The van der Waals surface area contributed by atoms with Crippen LogP contribution in [0.2, 0.25) is 0 Å². The number of carbonyl (C=O) groups excluding carboxylic acids is 1. The fraction of sp³-hybridized carbons (Fsp3) is 0.235. The van der Waals surface area contributed by atoms with Crippen molar-refractivity contribution >= 4 is 23.0 Å². The van der Waals surface area contributed by atoms with Gasteiger partial charge in [0.1, 0.15) is 5.69 Å². The van der Waals surface area contributed by atoms with Gasteiger partial charge in [-0.25, -0.2) is 0 Å². The van der Waals surface area contributed by atoms with Gasteiger partial charge in [0, 0.05) is 45.0 Å². The molecule has 1 amide bonds. The number of anilines is 2. The van der Waals surface area contributed by atoms with E-state index in [1.165, 1.54) is 13.1 Å². The van der Waals surface area contributed by atoms with Crippen molar-refractivity contribution in [3.63, 3.8) is 0 Å². The molecule has 0 atom stereocenters. The third-order valence-corrected chi connectivity index (χ3v) is 3.59. The van der Waals surface area contributed by atoms with Gasteiger partial charge in [-0.1, -0.05) is 12.1 Å². The Labute approximate surface area is 140 Å². The van der Waals surface area contributed by atoms with Gasteiger partial charge in [-0.3, -0.25) is 14.9 Å². The van der Waals surface area contributed by atoms with Crippen LogP contribution in [0.5, 0.6) is 0 Å². The lowest BCUT2D eigenvalue weighted by Crippen LogP contribution is -2.18. The van der Waals surface area contributed by atoms with Gasteiger partial charge in [-0.15, -0.1) is 0 Å². The van der Waals surface area contributed by atoms with Gasteiger partial charge in [-0.05, 0) is 29.8 Å². The van der Waals surface area contributed by atoms with E-state index in [-0.39, 0.29) is 17.2 Å². The summed E-state index contributed by atoms with van der Waals surface area (Å²) in [5.74, 6) is -0.358. The maximum absolute atomic E-state index is 11.6. The van der Waals surface area contributed by atoms with Gasteiger partial charge in [0.2, 0.25) is 0 Å². The third-order valence-electron chi connectivity index (χ3n) is 3.59. The first kappa shape index (κ1) is 17.3. The van der Waals surface area contributed by atoms with E-state index in [0.29, 0.717) is 12.2 Å². The van der Waals surface area contributed by atoms with Crippen LogP contribution in [0.1, 0.15) is 15.9 Å². The van der Waals surface area contributed by atoms with Crippen molar-refractivity contribution in [3.8, 4) is 0 Å². The number of nitro benzene ring substituents is 1. The number of hydrogen-bond acceptors (Lipinski definition) is 5. The van der Waals surface area contributed by atoms with Crippen molar-refractivity contribution in [2.24, 2.45) is 0 Å². The molecule has 0 saturated heterocycles. The lowest BCUT2D eigenvalue weighted by atomic mass is 10.1. The second kappa shape index (κ2) is 7.45. The van der Waals surface area contributed by atoms with Crippen LogP contribution < -0.4 is 15.5 Å². The lowest BCUT2D eigenvalue weighted by molar-refractivity contribution is -0.384. The number of benzene rings is 2. The van der Waals surface area contributed by atoms with Gasteiger partial charge < -0.3 is 15.5 Å². The van der Waals surface area contributed by atoms with Crippen LogP contribution in [0.15, 0.2) is 42.5 Å². The zero-order valence-electron chi connectivity index (χ0n) is 13.9. The zero-order chi connectivity index (χ0) is 17.7. The topological polar surface area (TPSA) is 87.5 Å². The van der Waals surface area contributed by atoms with E-state index >= 15 is 0 Å². The van der Waals surface area contributed by atoms with E-state index in [1.807, 2.05) is 43.3 Å². The monoisotopic (exact) mass is 328 g/mol. The molecule has 0 aromatic heterocycles. The molecule has 7 heteroatoms. The summed E-state index contributed by atoms with van der Waals surface area (Å²) in [4.78, 5) is 24.4. The minimum absolute atomic E-state index is 0.125. The Bertz CT molecular complexity index is 759. The van der Waals surface area contributed by atoms with E-state index in [9.17, 15) is 14.9 Å². The first-order valence-corrected chi connectivity index (χ1v) is 7.43. The van der Waals surface area contributed by atoms with Crippen LogP contribution in [-0.2, 0) is 6.54 Å². The number of rotatable bonds is 6. The highest BCUT2D eigenvalue weighted by molar-refractivity contribution is 5.95. The molecule has 0 aliphatic carbocycles. The van der Waals surface area contributed by atoms with Gasteiger partial charge in [0.15, 0.2) is 0 Å². The van der Waals surface area contributed by atoms with Crippen LogP contribution in [0, 0.1) is 10.1 Å². The van der Waals surface area contributed by atoms with Crippen LogP contribution in [0.4, 0.5) is 17.1 Å². The minimum atomic E-state index is -0.495. The lowest BCUT2D eigenvalue weighted by Gasteiger charge is -2.14. The second-order valence-corrected chi connectivity index (χ2v) is 5.49. The largest absolute Gasteiger partial charge is 0.378 e. The number of carbonyl (C=O) groups is 1. The highest BCUT2D eigenvalue weighted by atomic mass is 16.6. The summed E-state index contributed by atoms with van der Waals surface area (Å²) in [6.45, 7) is 0.446. The molecule has 0 aliphatic rings. The van der Waals surface area contributed by atoms with E-state index in [4.69, 9.17) is 0 Å². The molecule has 0 aliphatic heterocycles. The molecule has 0 fully saturated rings. The molecular formula is C17H20N4O3. The predicted molar refractivity (Wildman–Crippen MR) is 94.6 cm³/mol. The maximum atomic E-state index is 11.6. The first-order chi connectivity index (χ1) is 11.4. The zero-order valence-corrected chi connectivity index (χ0v) is 13.9. The van der Waals surface area contributed by atoms with Crippen molar-refractivity contribution in [1.29, 1.82) is 0 Å². The molecule has 24 heavy (non-hydrogen) atoms. The molecule has 0 unspecified atom stereocenters. The number of hydrogen-bond donors (Lipinski definition) is 2. The minimum Gasteiger partial charge on any atom is -0.378 e. The second-order valence-electron chi connectivity index (χ2n) is 5.49. The Kier molecular flexibility index (Phi) is 5.36. The van der Waals surface area contributed by atoms with Crippen molar-refractivity contribution in [3.05, 3.63) is 63.7 Å². The molecule has 126 valence electrons. The quantitative estimate of drug-likeness (QED) is 0.629. The van der Waals surface area contributed by atoms with Crippen LogP contribution in [0.25, 0.3) is 0 Å². The van der Waals surface area contributed by atoms with Gasteiger partial charge in [0.25, 0.3) is 11.6 Å². The molecule has 0 bridgehead atoms. The molecule has 2 aromatic carbocycles. The molecule has 0 saturated carbocycles. The highest BCUT2D eigenvalue weighted by Crippen LogP contribution is 2.26. The molecule has 0 spiro atoms.